The van der Waals surface area contributed by atoms with E-state index in [0.29, 0.717) is 59.8 Å². The van der Waals surface area contributed by atoms with Gasteiger partial charge >= 0.3 is 0 Å². The first-order valence-corrected chi connectivity index (χ1v) is 15.4. The van der Waals surface area contributed by atoms with Gasteiger partial charge in [0.25, 0.3) is 10.1 Å². The summed E-state index contributed by atoms with van der Waals surface area (Å²) < 4.78 is 34.3. The molecule has 2 aromatic heterocycles. The van der Waals surface area contributed by atoms with Crippen molar-refractivity contribution in [3.05, 3.63) is 64.3 Å². The van der Waals surface area contributed by atoms with Gasteiger partial charge in [-0.05, 0) is 54.8 Å². The molecule has 9 nitrogen and oxygen atoms in total. The molecule has 1 aromatic carbocycles. The highest BCUT2D eigenvalue weighted by Crippen LogP contribution is 2.31. The van der Waals surface area contributed by atoms with E-state index in [-0.39, 0.29) is 6.10 Å². The number of rotatable bonds is 8. The van der Waals surface area contributed by atoms with E-state index in [1.165, 1.54) is 0 Å². The van der Waals surface area contributed by atoms with E-state index in [0.717, 1.165) is 49.4 Å². The molecule has 2 fully saturated rings. The Bertz CT molecular complexity index is 1370. The maximum atomic E-state index is 11.5. The van der Waals surface area contributed by atoms with E-state index in [4.69, 9.17) is 37.1 Å². The number of hydrogen-bond acceptors (Lipinski definition) is 9. The molecule has 1 N–H and O–H groups in total. The van der Waals surface area contributed by atoms with E-state index in [1.807, 2.05) is 36.4 Å². The third-order valence-electron chi connectivity index (χ3n) is 6.66. The number of nitrogens with one attached hydrogen (secondary N) is 1. The lowest BCUT2D eigenvalue weighted by Gasteiger charge is -2.31. The molecule has 2 saturated heterocycles. The molecule has 0 atom stereocenters. The summed E-state index contributed by atoms with van der Waals surface area (Å²) in [6.45, 7) is 5.79. The van der Waals surface area contributed by atoms with Crippen molar-refractivity contribution in [1.82, 2.24) is 20.2 Å². The summed E-state index contributed by atoms with van der Waals surface area (Å²) in [6.07, 6.45) is 3.81. The molecular formula is C27H31Cl2N5O4S. The van der Waals surface area contributed by atoms with Gasteiger partial charge in [0, 0.05) is 67.5 Å². The monoisotopic (exact) mass is 591 g/mol. The lowest BCUT2D eigenvalue weighted by atomic mass is 10.1. The third-order valence-corrected chi connectivity index (χ3v) is 7.71. The molecule has 208 valence electrons. The lowest BCUT2D eigenvalue weighted by Crippen LogP contribution is -2.43. The molecule has 3 aromatic rings. The number of anilines is 1. The quantitative estimate of drug-likeness (QED) is 0.377. The lowest BCUT2D eigenvalue weighted by molar-refractivity contribution is 0.102. The highest BCUT2D eigenvalue weighted by Gasteiger charge is 2.23. The highest BCUT2D eigenvalue weighted by molar-refractivity contribution is 7.86. The summed E-state index contributed by atoms with van der Waals surface area (Å²) in [5.41, 5.74) is 2.47. The number of halogens is 2. The van der Waals surface area contributed by atoms with Gasteiger partial charge < -0.3 is 15.0 Å². The summed E-state index contributed by atoms with van der Waals surface area (Å²) in [5.74, 6) is 1.95. The molecule has 0 unspecified atom stereocenters. The summed E-state index contributed by atoms with van der Waals surface area (Å²) >= 11 is 12.6. The van der Waals surface area contributed by atoms with Crippen molar-refractivity contribution >= 4 is 39.1 Å². The van der Waals surface area contributed by atoms with Crippen molar-refractivity contribution < 1.29 is 17.3 Å². The molecular weight excluding hydrogens is 561 g/mol. The van der Waals surface area contributed by atoms with Crippen LogP contribution in [0.1, 0.15) is 18.4 Å². The molecule has 0 amide bonds. The van der Waals surface area contributed by atoms with Crippen LogP contribution in [0.3, 0.4) is 0 Å². The van der Waals surface area contributed by atoms with Crippen molar-refractivity contribution in [2.24, 2.45) is 0 Å². The first-order valence-electron chi connectivity index (χ1n) is 12.9. The summed E-state index contributed by atoms with van der Waals surface area (Å²) in [4.78, 5) is 13.9. The molecule has 4 heterocycles. The molecule has 0 bridgehead atoms. The molecule has 0 aliphatic carbocycles. The van der Waals surface area contributed by atoms with Crippen LogP contribution in [0.2, 0.25) is 10.0 Å². The van der Waals surface area contributed by atoms with Crippen LogP contribution in [0.4, 0.5) is 5.82 Å². The van der Waals surface area contributed by atoms with E-state index in [9.17, 15) is 8.42 Å². The fraction of sp³-hybridized carbons (Fsp3) is 0.407. The van der Waals surface area contributed by atoms with Gasteiger partial charge in [0.1, 0.15) is 11.6 Å². The maximum absolute atomic E-state index is 11.5. The van der Waals surface area contributed by atoms with Gasteiger partial charge in [-0.15, -0.1) is 0 Å². The Morgan fingerprint density at radius 2 is 1.72 bits per heavy atom. The fourth-order valence-corrected chi connectivity index (χ4v) is 6.07. The van der Waals surface area contributed by atoms with E-state index < -0.39 is 10.1 Å². The minimum Gasteiger partial charge on any atom is -0.437 e. The van der Waals surface area contributed by atoms with Gasteiger partial charge in [0.05, 0.1) is 24.3 Å². The SMILES string of the molecule is CS(=O)(=O)OC1CCN(Cc2cc(Oc3ccc(N4CCNCC4)nc3)nc(-c3cc(Cl)cc(Cl)c3)c2)CC1. The average molecular weight is 593 g/mol. The maximum Gasteiger partial charge on any atom is 0.264 e. The number of likely N-dealkylation sites (tertiary alicyclic amines) is 1. The van der Waals surface area contributed by atoms with Gasteiger partial charge in [-0.2, -0.15) is 8.42 Å². The standard InChI is InChI=1S/C27H31Cl2N5O4S/c1-39(35,36)38-23-4-8-33(9-5-23)18-19-12-25(20-14-21(28)16-22(29)15-20)32-27(13-19)37-24-2-3-26(31-17-24)34-10-6-30-7-11-34/h2-3,12-17,23,30H,4-11,18H2,1H3. The number of hydrogen-bond donors (Lipinski definition) is 1. The number of ether oxygens (including phenoxy) is 1. The molecule has 5 rings (SSSR count). The first-order chi connectivity index (χ1) is 18.7. The van der Waals surface area contributed by atoms with Crippen LogP contribution >= 0.6 is 23.2 Å². The molecule has 12 heteroatoms. The zero-order valence-electron chi connectivity index (χ0n) is 21.6. The van der Waals surface area contributed by atoms with Crippen molar-refractivity contribution in [2.75, 3.05) is 50.4 Å². The topological polar surface area (TPSA) is 96.9 Å². The van der Waals surface area contributed by atoms with Crippen LogP contribution in [-0.4, -0.2) is 74.9 Å². The van der Waals surface area contributed by atoms with Gasteiger partial charge in [-0.3, -0.25) is 9.08 Å². The van der Waals surface area contributed by atoms with Crippen molar-refractivity contribution in [1.29, 1.82) is 0 Å². The second kappa shape index (κ2) is 12.4. The number of piperidine rings is 1. The number of benzene rings is 1. The largest absolute Gasteiger partial charge is 0.437 e. The molecule has 39 heavy (non-hydrogen) atoms. The van der Waals surface area contributed by atoms with Crippen LogP contribution in [-0.2, 0) is 20.8 Å². The number of aromatic nitrogens is 2. The van der Waals surface area contributed by atoms with E-state index in [2.05, 4.69) is 20.1 Å². The molecule has 0 saturated carbocycles. The Balaban J connectivity index is 1.35. The zero-order valence-corrected chi connectivity index (χ0v) is 24.0. The van der Waals surface area contributed by atoms with Gasteiger partial charge in [-0.1, -0.05) is 23.2 Å². The van der Waals surface area contributed by atoms with Crippen LogP contribution in [0.25, 0.3) is 11.3 Å². The minimum atomic E-state index is -3.46. The normalized spacial score (nSPS) is 17.4. The Morgan fingerprint density at radius 1 is 1.00 bits per heavy atom. The molecule has 0 radical (unpaired) electrons. The molecule has 0 spiro atoms. The smallest absolute Gasteiger partial charge is 0.264 e. The van der Waals surface area contributed by atoms with Gasteiger partial charge in [0.15, 0.2) is 0 Å². The van der Waals surface area contributed by atoms with Crippen molar-refractivity contribution in [3.63, 3.8) is 0 Å². The summed E-state index contributed by atoms with van der Waals surface area (Å²) in [5, 5.41) is 4.39. The van der Waals surface area contributed by atoms with Crippen LogP contribution in [0, 0.1) is 0 Å². The number of piperazine rings is 1. The Hall–Kier alpha value is -2.47. The highest BCUT2D eigenvalue weighted by atomic mass is 35.5. The Kier molecular flexibility index (Phi) is 8.90. The molecule has 2 aliphatic rings. The van der Waals surface area contributed by atoms with Crippen LogP contribution < -0.4 is 15.0 Å². The third kappa shape index (κ3) is 8.03. The van der Waals surface area contributed by atoms with Crippen molar-refractivity contribution in [3.8, 4) is 22.9 Å². The van der Waals surface area contributed by atoms with Gasteiger partial charge in [0.2, 0.25) is 5.88 Å². The van der Waals surface area contributed by atoms with Gasteiger partial charge in [-0.25, -0.2) is 9.97 Å². The Morgan fingerprint density at radius 3 is 2.36 bits per heavy atom. The number of pyridine rings is 2. The predicted octanol–water partition coefficient (Wildman–Crippen LogP) is 4.59. The number of nitrogens with zero attached hydrogens (tertiary/aromatic N) is 4. The van der Waals surface area contributed by atoms with Crippen LogP contribution in [0.15, 0.2) is 48.7 Å². The fourth-order valence-electron chi connectivity index (χ4n) is 4.86. The average Bonchev–Trinajstić information content (AvgIpc) is 2.89. The summed E-state index contributed by atoms with van der Waals surface area (Å²) in [7, 11) is -3.46. The zero-order chi connectivity index (χ0) is 27.4. The molecule has 2 aliphatic heterocycles. The van der Waals surface area contributed by atoms with E-state index >= 15 is 0 Å². The summed E-state index contributed by atoms with van der Waals surface area (Å²) in [6, 6.07) is 13.1. The van der Waals surface area contributed by atoms with Crippen molar-refractivity contribution in [2.45, 2.75) is 25.5 Å². The second-order valence-corrected chi connectivity index (χ2v) is 12.3. The van der Waals surface area contributed by atoms with E-state index in [1.54, 1.807) is 12.3 Å². The first kappa shape index (κ1) is 28.1. The Labute approximate surface area is 239 Å². The van der Waals surface area contributed by atoms with Crippen LogP contribution in [0.5, 0.6) is 11.6 Å². The second-order valence-electron chi connectivity index (χ2n) is 9.82. The minimum absolute atomic E-state index is 0.284. The predicted molar refractivity (Wildman–Crippen MR) is 153 cm³/mol.